The molecule has 1 aromatic carbocycles. The summed E-state index contributed by atoms with van der Waals surface area (Å²) in [5.41, 5.74) is 14.4. The third-order valence-corrected chi connectivity index (χ3v) is 5.79. The monoisotopic (exact) mass is 503 g/mol. The largest absolute Gasteiger partial charge is 0.382 e. The molecule has 3 aromatic rings. The van der Waals surface area contributed by atoms with Crippen LogP contribution in [-0.2, 0) is 31.0 Å². The van der Waals surface area contributed by atoms with Gasteiger partial charge in [-0.2, -0.15) is 0 Å². The highest BCUT2D eigenvalue weighted by atomic mass is 35.5. The molecule has 35 heavy (non-hydrogen) atoms. The summed E-state index contributed by atoms with van der Waals surface area (Å²) in [5.74, 6) is 0.312. The number of likely N-dealkylation sites (N-methyl/N-ethyl adjacent to an activating group) is 1. The molecule has 11 nitrogen and oxygen atoms in total. The fraction of sp³-hybridized carbons (Fsp3) is 0.435. The Bertz CT molecular complexity index is 1260. The molecule has 0 saturated carbocycles. The van der Waals surface area contributed by atoms with E-state index in [2.05, 4.69) is 35.8 Å². The number of imidazole rings is 1. The number of carbonyl (C=O) groups is 2. The van der Waals surface area contributed by atoms with Gasteiger partial charge in [0.2, 0.25) is 0 Å². The van der Waals surface area contributed by atoms with Gasteiger partial charge >= 0.3 is 0 Å². The molecule has 0 atom stereocenters. The number of aromatic nitrogens is 4. The lowest BCUT2D eigenvalue weighted by atomic mass is 10.2. The first-order chi connectivity index (χ1) is 16.4. The number of aryl methyl sites for hydroxylation is 2. The maximum atomic E-state index is 12.8. The van der Waals surface area contributed by atoms with E-state index in [1.165, 1.54) is 0 Å². The van der Waals surface area contributed by atoms with Crippen LogP contribution in [0.5, 0.6) is 0 Å². The second kappa shape index (κ2) is 10.4. The number of rotatable bonds is 9. The quantitative estimate of drug-likeness (QED) is 0.251. The van der Waals surface area contributed by atoms with Crippen LogP contribution < -0.4 is 26.7 Å². The van der Waals surface area contributed by atoms with E-state index >= 15 is 0 Å². The van der Waals surface area contributed by atoms with Crippen molar-refractivity contribution in [1.82, 2.24) is 25.2 Å². The molecule has 2 heterocycles. The highest BCUT2D eigenvalue weighted by Crippen LogP contribution is 2.19. The SMILES string of the molecule is CCn1c(CNC(=O)c2nc(Cl)c(N)nc2N)[n+](CC)c2ccc(CNC(=O)C[N+](C)(C)C)cc21. The zero-order valence-electron chi connectivity index (χ0n) is 20.9. The molecule has 2 amide bonds. The zero-order valence-corrected chi connectivity index (χ0v) is 21.6. The smallest absolute Gasteiger partial charge is 0.277 e. The molecule has 2 aromatic heterocycles. The third kappa shape index (κ3) is 5.98. The number of halogens is 1. The van der Waals surface area contributed by atoms with Gasteiger partial charge in [-0.25, -0.2) is 19.1 Å². The molecule has 188 valence electrons. The van der Waals surface area contributed by atoms with Crippen LogP contribution in [0.25, 0.3) is 11.0 Å². The Hall–Kier alpha value is -3.44. The minimum atomic E-state index is -0.492. The molecule has 0 unspecified atom stereocenters. The molecule has 0 spiro atoms. The summed E-state index contributed by atoms with van der Waals surface area (Å²) in [6, 6.07) is 6.13. The van der Waals surface area contributed by atoms with Crippen LogP contribution in [-0.4, -0.2) is 58.5 Å². The molecule has 0 bridgehead atoms. The number of anilines is 2. The van der Waals surface area contributed by atoms with Gasteiger partial charge in [0, 0.05) is 6.54 Å². The van der Waals surface area contributed by atoms with Crippen LogP contribution in [0.1, 0.15) is 35.7 Å². The van der Waals surface area contributed by atoms with Crippen molar-refractivity contribution >= 4 is 46.1 Å². The number of benzene rings is 1. The number of quaternary nitrogens is 1. The van der Waals surface area contributed by atoms with Gasteiger partial charge in [0.25, 0.3) is 17.6 Å². The predicted octanol–water partition coefficient (Wildman–Crippen LogP) is 0.829. The standard InChI is InChI=1S/C23H32ClN9O2/c1-6-31-15-9-8-14(11-27-17(34)13-33(3,4)5)10-16(15)32(7-2)18(31)12-28-23(35)19-21(25)30-22(26)20(24)29-19/h8-10H,6-7,11-13H2,1-5H3,(H4-2,25,26,27,28,30,34,35)/p+2. The molecule has 3 rings (SSSR count). The lowest BCUT2D eigenvalue weighted by molar-refractivity contribution is -0.862. The third-order valence-electron chi connectivity index (χ3n) is 5.51. The van der Waals surface area contributed by atoms with Gasteiger partial charge in [-0.15, -0.1) is 0 Å². The van der Waals surface area contributed by atoms with Crippen molar-refractivity contribution in [3.8, 4) is 0 Å². The Kier molecular flexibility index (Phi) is 7.81. The minimum absolute atomic E-state index is 0.000591. The Labute approximate surface area is 209 Å². The van der Waals surface area contributed by atoms with Crippen molar-refractivity contribution in [2.24, 2.45) is 0 Å². The van der Waals surface area contributed by atoms with E-state index in [0.29, 0.717) is 30.7 Å². The average Bonchev–Trinajstić information content (AvgIpc) is 3.08. The number of carbonyl (C=O) groups excluding carboxylic acids is 2. The molecule has 6 N–H and O–H groups in total. The van der Waals surface area contributed by atoms with Crippen molar-refractivity contribution in [2.75, 3.05) is 39.2 Å². The number of nitrogen functional groups attached to an aromatic ring is 2. The normalized spacial score (nSPS) is 11.6. The summed E-state index contributed by atoms with van der Waals surface area (Å²) >= 11 is 5.92. The fourth-order valence-corrected chi connectivity index (χ4v) is 4.11. The topological polar surface area (TPSA) is 145 Å². The Morgan fingerprint density at radius 3 is 2.43 bits per heavy atom. The second-order valence-electron chi connectivity index (χ2n) is 9.27. The maximum Gasteiger partial charge on any atom is 0.277 e. The first-order valence-electron chi connectivity index (χ1n) is 11.4. The molecule has 12 heteroatoms. The van der Waals surface area contributed by atoms with Gasteiger partial charge in [0.15, 0.2) is 40.1 Å². The van der Waals surface area contributed by atoms with E-state index in [1.54, 1.807) is 0 Å². The lowest BCUT2D eigenvalue weighted by Crippen LogP contribution is -2.44. The fourth-order valence-electron chi connectivity index (χ4n) is 3.98. The van der Waals surface area contributed by atoms with E-state index in [9.17, 15) is 9.59 Å². The predicted molar refractivity (Wildman–Crippen MR) is 135 cm³/mol. The lowest BCUT2D eigenvalue weighted by Gasteiger charge is -2.22. The number of hydrogen-bond acceptors (Lipinski definition) is 6. The van der Waals surface area contributed by atoms with Crippen molar-refractivity contribution in [3.63, 3.8) is 0 Å². The van der Waals surface area contributed by atoms with Gasteiger partial charge in [0.1, 0.15) is 6.54 Å². The van der Waals surface area contributed by atoms with E-state index in [0.717, 1.165) is 22.4 Å². The Morgan fingerprint density at radius 2 is 1.80 bits per heavy atom. The summed E-state index contributed by atoms with van der Waals surface area (Å²) in [7, 11) is 5.94. The van der Waals surface area contributed by atoms with Crippen molar-refractivity contribution in [2.45, 2.75) is 40.0 Å². The number of nitrogens with one attached hydrogen (secondary N) is 2. The van der Waals surface area contributed by atoms with Crippen LogP contribution >= 0.6 is 11.6 Å². The van der Waals surface area contributed by atoms with Crippen molar-refractivity contribution in [3.05, 3.63) is 40.4 Å². The molecular formula is C23H34ClN9O2+2. The number of fused-ring (bicyclic) bond motifs is 1. The molecule has 0 radical (unpaired) electrons. The number of nitrogens with two attached hydrogens (primary N) is 2. The summed E-state index contributed by atoms with van der Waals surface area (Å²) in [6.07, 6.45) is 0. The maximum absolute atomic E-state index is 12.8. The van der Waals surface area contributed by atoms with Gasteiger partial charge in [-0.1, -0.05) is 17.7 Å². The van der Waals surface area contributed by atoms with Crippen molar-refractivity contribution < 1.29 is 18.6 Å². The molecule has 0 aliphatic rings. The molecule has 0 aliphatic carbocycles. The summed E-state index contributed by atoms with van der Waals surface area (Å²) in [5, 5.41) is 5.79. The summed E-state index contributed by atoms with van der Waals surface area (Å²) in [6.45, 7) is 6.59. The van der Waals surface area contributed by atoms with Gasteiger partial charge in [-0.05, 0) is 31.5 Å². The summed E-state index contributed by atoms with van der Waals surface area (Å²) < 4.78 is 4.85. The zero-order chi connectivity index (χ0) is 25.9. The molecule has 0 fully saturated rings. The van der Waals surface area contributed by atoms with Crippen LogP contribution in [0.2, 0.25) is 5.15 Å². The highest BCUT2D eigenvalue weighted by molar-refractivity contribution is 6.31. The van der Waals surface area contributed by atoms with Crippen LogP contribution in [0.15, 0.2) is 18.2 Å². The van der Waals surface area contributed by atoms with E-state index in [1.807, 2.05) is 47.1 Å². The van der Waals surface area contributed by atoms with Crippen molar-refractivity contribution in [1.29, 1.82) is 0 Å². The van der Waals surface area contributed by atoms with E-state index < -0.39 is 5.91 Å². The average molecular weight is 504 g/mol. The number of hydrogen-bond donors (Lipinski definition) is 4. The second-order valence-corrected chi connectivity index (χ2v) is 9.63. The molecular weight excluding hydrogens is 470 g/mol. The number of amides is 2. The van der Waals surface area contributed by atoms with E-state index in [-0.39, 0.29) is 34.9 Å². The highest BCUT2D eigenvalue weighted by Gasteiger charge is 2.25. The first kappa shape index (κ1) is 26.2. The Morgan fingerprint density at radius 1 is 1.09 bits per heavy atom. The first-order valence-corrected chi connectivity index (χ1v) is 11.8. The van der Waals surface area contributed by atoms with Gasteiger partial charge in [0.05, 0.1) is 34.2 Å². The van der Waals surface area contributed by atoms with Crippen LogP contribution in [0, 0.1) is 0 Å². The van der Waals surface area contributed by atoms with Gasteiger partial charge in [-0.3, -0.25) is 9.59 Å². The summed E-state index contributed by atoms with van der Waals surface area (Å²) in [4.78, 5) is 32.9. The number of nitrogens with zero attached hydrogens (tertiary/aromatic N) is 5. The molecule has 0 saturated heterocycles. The Balaban J connectivity index is 1.85. The van der Waals surface area contributed by atoms with Gasteiger partial charge < -0.3 is 26.6 Å². The minimum Gasteiger partial charge on any atom is -0.382 e. The van der Waals surface area contributed by atoms with Crippen LogP contribution in [0.3, 0.4) is 0 Å². The van der Waals surface area contributed by atoms with Crippen LogP contribution in [0.4, 0.5) is 11.6 Å². The molecule has 0 aliphatic heterocycles. The van der Waals surface area contributed by atoms with E-state index in [4.69, 9.17) is 23.1 Å².